The molecule has 3 rings (SSSR count). The van der Waals surface area contributed by atoms with E-state index >= 15 is 0 Å². The van der Waals surface area contributed by atoms with E-state index in [1.807, 2.05) is 0 Å². The molecule has 4 atom stereocenters. The van der Waals surface area contributed by atoms with Gasteiger partial charge in [-0.1, -0.05) is 0 Å². The summed E-state index contributed by atoms with van der Waals surface area (Å²) < 4.78 is 19.9. The molecule has 32 heavy (non-hydrogen) atoms. The summed E-state index contributed by atoms with van der Waals surface area (Å²) >= 11 is 0. The Morgan fingerprint density at radius 1 is 1.31 bits per heavy atom. The number of likely N-dealkylation sites (N-methyl/N-ethyl adjacent to an activating group) is 1. The third-order valence-electron chi connectivity index (χ3n) is 4.17. The first-order chi connectivity index (χ1) is 14.9. The maximum Gasteiger partial charge on any atom is 0.451 e. The fourth-order valence-corrected chi connectivity index (χ4v) is 3.08. The molecule has 17 nitrogen and oxygen atoms in total. The van der Waals surface area contributed by atoms with E-state index in [9.17, 15) is 19.6 Å². The monoisotopic (exact) mass is 478 g/mol. The molecule has 0 aromatic carbocycles. The number of hydrogen-bond acceptors (Lipinski definition) is 10. The van der Waals surface area contributed by atoms with Crippen molar-refractivity contribution in [2.24, 2.45) is 10.5 Å². The Labute approximate surface area is 179 Å². The van der Waals surface area contributed by atoms with Gasteiger partial charge in [-0.25, -0.2) is 19.5 Å². The third-order valence-corrected chi connectivity index (χ3v) is 4.64. The van der Waals surface area contributed by atoms with Gasteiger partial charge in [-0.15, -0.1) is 4.76 Å². The number of hydrogen-bond donors (Lipinski definition) is 8. The second-order valence-corrected chi connectivity index (χ2v) is 7.76. The zero-order chi connectivity index (χ0) is 24.2. The number of aliphatic hydroxyl groups excluding tert-OH is 3. The lowest BCUT2D eigenvalue weighted by Crippen LogP contribution is -2.37. The van der Waals surface area contributed by atoms with Crippen LogP contribution in [0.4, 0.5) is 5.82 Å². The van der Waals surface area contributed by atoms with Crippen LogP contribution >= 0.6 is 7.75 Å². The molecule has 3 heterocycles. The summed E-state index contributed by atoms with van der Waals surface area (Å²) in [4.78, 5) is 39.6. The van der Waals surface area contributed by atoms with Crippen molar-refractivity contribution in [3.8, 4) is 0 Å². The molecule has 18 heteroatoms. The summed E-state index contributed by atoms with van der Waals surface area (Å²) in [5, 5.41) is 37.0. The minimum absolute atomic E-state index is 0.218. The molecule has 1 aliphatic heterocycles. The zero-order valence-electron chi connectivity index (χ0n) is 16.6. The number of imidazole rings is 1. The highest BCUT2D eigenvalue weighted by Gasteiger charge is 2.43. The van der Waals surface area contributed by atoms with E-state index in [0.29, 0.717) is 11.2 Å². The molecule has 1 aliphatic rings. The number of carbonyl (C=O) groups is 1. The van der Waals surface area contributed by atoms with Crippen molar-refractivity contribution in [3.63, 3.8) is 0 Å². The molecule has 0 radical (unpaired) electrons. The second-order valence-electron chi connectivity index (χ2n) is 6.53. The molecular weight excluding hydrogens is 455 g/mol. The highest BCUT2D eigenvalue weighted by atomic mass is 31.2. The minimum atomic E-state index is -4.59. The number of rotatable bonds is 5. The van der Waals surface area contributed by atoms with Gasteiger partial charge >= 0.3 is 13.7 Å². The number of nitrogen functional groups attached to an aromatic ring is 1. The number of carboxylic acid groups (broad SMARTS) is 1. The van der Waals surface area contributed by atoms with E-state index in [1.54, 1.807) is 0 Å². The van der Waals surface area contributed by atoms with Crippen molar-refractivity contribution in [2.45, 2.75) is 24.5 Å². The largest absolute Gasteiger partial charge is 0.480 e. The Bertz CT molecular complexity index is 1030. The number of aliphatic hydroxyl groups is 3. The fraction of sp³-hybridized carbons (Fsp3) is 0.500. The summed E-state index contributed by atoms with van der Waals surface area (Å²) in [6.45, 7) is -0.867. The number of guanidine groups is 1. The Kier molecular flexibility index (Phi) is 8.02. The molecule has 0 unspecified atom stereocenters. The SMILES string of the molecule is CN(CC(=O)O)/C(N)=N/P(=O)(O)O.Nc1ncnc2c1ncn2[C@@H]1O[C@H](CO)[C@@H](O)[C@H]1O. The van der Waals surface area contributed by atoms with Crippen LogP contribution < -0.4 is 11.5 Å². The lowest BCUT2D eigenvalue weighted by atomic mass is 10.1. The second kappa shape index (κ2) is 10.1. The predicted molar refractivity (Wildman–Crippen MR) is 107 cm³/mol. The molecule has 0 aliphatic carbocycles. The lowest BCUT2D eigenvalue weighted by molar-refractivity contribution is -0.137. The normalized spacial score (nSPS) is 23.6. The number of anilines is 1. The standard InChI is InChI=1S/C10H13N5O4.C4H10N3O5P/c11-8-5-9(13-2-12-8)15(3-14-5)10-7(18)6(17)4(1-16)19-10;1-7(2-3(8)9)4(5)6-13(10,11)12/h2-4,6-7,10,16-18H,1H2,(H2,11,12,13);2H2,1H3,(H,8,9)(H4,5,6,10,11,12)/t4-,6-,7-,10-;/m1./s1. The van der Waals surface area contributed by atoms with Crippen LogP contribution in [0.5, 0.6) is 0 Å². The number of aromatic nitrogens is 4. The number of carboxylic acids is 1. The van der Waals surface area contributed by atoms with E-state index < -0.39 is 57.4 Å². The number of aliphatic carboxylic acids is 1. The van der Waals surface area contributed by atoms with Crippen LogP contribution in [0.1, 0.15) is 6.23 Å². The van der Waals surface area contributed by atoms with Gasteiger partial charge in [-0.3, -0.25) is 9.36 Å². The van der Waals surface area contributed by atoms with Gasteiger partial charge in [0.2, 0.25) is 5.96 Å². The predicted octanol–water partition coefficient (Wildman–Crippen LogP) is -3.57. The van der Waals surface area contributed by atoms with Gasteiger partial charge < -0.3 is 51.3 Å². The van der Waals surface area contributed by atoms with Crippen molar-refractivity contribution in [1.82, 2.24) is 24.4 Å². The minimum Gasteiger partial charge on any atom is -0.480 e. The van der Waals surface area contributed by atoms with Crippen molar-refractivity contribution < 1.29 is 44.3 Å². The first-order valence-electron chi connectivity index (χ1n) is 8.75. The highest BCUT2D eigenvalue weighted by Crippen LogP contribution is 2.36. The maximum absolute atomic E-state index is 10.3. The molecule has 2 aromatic rings. The molecule has 2 aromatic heterocycles. The quantitative estimate of drug-likeness (QED) is 0.117. The van der Waals surface area contributed by atoms with Gasteiger partial charge in [0.25, 0.3) is 0 Å². The number of nitrogens with two attached hydrogens (primary N) is 2. The zero-order valence-corrected chi connectivity index (χ0v) is 17.5. The fourth-order valence-electron chi connectivity index (χ4n) is 2.66. The van der Waals surface area contributed by atoms with E-state index in [4.69, 9.17) is 36.2 Å². The van der Waals surface area contributed by atoms with E-state index in [-0.39, 0.29) is 5.82 Å². The molecule has 0 amide bonds. The first-order valence-corrected chi connectivity index (χ1v) is 10.3. The summed E-state index contributed by atoms with van der Waals surface area (Å²) in [6.07, 6.45) is -1.42. The van der Waals surface area contributed by atoms with Crippen molar-refractivity contribution in [1.29, 1.82) is 0 Å². The molecule has 178 valence electrons. The van der Waals surface area contributed by atoms with Crippen LogP contribution in [0.2, 0.25) is 0 Å². The van der Waals surface area contributed by atoms with Crippen LogP contribution in [-0.2, 0) is 14.1 Å². The van der Waals surface area contributed by atoms with Crippen LogP contribution in [0.25, 0.3) is 11.2 Å². The van der Waals surface area contributed by atoms with Gasteiger partial charge in [-0.2, -0.15) is 0 Å². The summed E-state index contributed by atoms with van der Waals surface area (Å²) in [7, 11) is -3.34. The summed E-state index contributed by atoms with van der Waals surface area (Å²) in [5.74, 6) is -1.47. The third kappa shape index (κ3) is 6.07. The van der Waals surface area contributed by atoms with E-state index in [1.165, 1.54) is 24.3 Å². The average Bonchev–Trinajstić information content (AvgIpc) is 3.23. The molecule has 1 saturated heterocycles. The maximum atomic E-state index is 10.3. The molecule has 0 bridgehead atoms. The van der Waals surface area contributed by atoms with Crippen LogP contribution in [0, 0.1) is 0 Å². The van der Waals surface area contributed by atoms with Crippen LogP contribution in [0.15, 0.2) is 17.4 Å². The molecule has 1 fully saturated rings. The van der Waals surface area contributed by atoms with Crippen molar-refractivity contribution in [2.75, 3.05) is 25.9 Å². The Morgan fingerprint density at radius 3 is 2.50 bits per heavy atom. The lowest BCUT2D eigenvalue weighted by Gasteiger charge is -2.16. The Hall–Kier alpha value is -2.92. The van der Waals surface area contributed by atoms with Gasteiger partial charge in [0.15, 0.2) is 17.7 Å². The Balaban J connectivity index is 0.000000247. The summed E-state index contributed by atoms with van der Waals surface area (Å²) in [5.41, 5.74) is 11.5. The van der Waals surface area contributed by atoms with Gasteiger partial charge in [0, 0.05) is 7.05 Å². The molecule has 0 saturated carbocycles. The van der Waals surface area contributed by atoms with Crippen molar-refractivity contribution >= 4 is 36.7 Å². The number of nitrogens with zero attached hydrogens (tertiary/aromatic N) is 6. The average molecular weight is 478 g/mol. The van der Waals surface area contributed by atoms with E-state index in [2.05, 4.69) is 19.7 Å². The molecule has 10 N–H and O–H groups in total. The van der Waals surface area contributed by atoms with E-state index in [0.717, 1.165) is 4.90 Å². The Morgan fingerprint density at radius 2 is 1.97 bits per heavy atom. The smallest absolute Gasteiger partial charge is 0.451 e. The van der Waals surface area contributed by atoms with Crippen LogP contribution in [-0.4, -0.2) is 105 Å². The summed E-state index contributed by atoms with van der Waals surface area (Å²) in [6, 6.07) is 0. The first kappa shape index (κ1) is 25.3. The van der Waals surface area contributed by atoms with Gasteiger partial charge in [0.1, 0.15) is 36.7 Å². The van der Waals surface area contributed by atoms with Crippen LogP contribution in [0.3, 0.4) is 0 Å². The van der Waals surface area contributed by atoms with Crippen molar-refractivity contribution in [3.05, 3.63) is 12.7 Å². The topological polar surface area (TPSA) is 276 Å². The number of ether oxygens (including phenoxy) is 1. The van der Waals surface area contributed by atoms with Gasteiger partial charge in [-0.05, 0) is 0 Å². The van der Waals surface area contributed by atoms with Gasteiger partial charge in [0.05, 0.1) is 12.9 Å². The molecular formula is C14H23N8O9P. The molecule has 0 spiro atoms. The highest BCUT2D eigenvalue weighted by molar-refractivity contribution is 7.50. The number of fused-ring (bicyclic) bond motifs is 1.